The fourth-order valence-electron chi connectivity index (χ4n) is 1.64. The minimum absolute atomic E-state index is 0.0713. The Morgan fingerprint density at radius 1 is 1.20 bits per heavy atom. The van der Waals surface area contributed by atoms with Crippen molar-refractivity contribution in [3.8, 4) is 23.7 Å². The molecule has 0 aliphatic heterocycles. The number of hydrogen-bond donors (Lipinski definition) is 2. The second-order valence-corrected chi connectivity index (χ2v) is 4.70. The Bertz CT molecular complexity index is 403. The fourth-order valence-corrected chi connectivity index (χ4v) is 1.64. The van der Waals surface area contributed by atoms with Gasteiger partial charge in [0.25, 0.3) is 0 Å². The lowest BCUT2D eigenvalue weighted by molar-refractivity contribution is -0.137. The van der Waals surface area contributed by atoms with E-state index in [4.69, 9.17) is 5.11 Å². The number of carboxylic acid groups (broad SMARTS) is 1. The largest absolute Gasteiger partial charge is 0.481 e. The van der Waals surface area contributed by atoms with Gasteiger partial charge in [-0.2, -0.15) is 0 Å². The summed E-state index contributed by atoms with van der Waals surface area (Å²) in [6.07, 6.45) is 7.18. The molecule has 2 N–H and O–H groups in total. The quantitative estimate of drug-likeness (QED) is 0.387. The summed E-state index contributed by atoms with van der Waals surface area (Å²) in [6.45, 7) is 5.70. The van der Waals surface area contributed by atoms with Gasteiger partial charge in [0.1, 0.15) is 6.10 Å². The van der Waals surface area contributed by atoms with Crippen molar-refractivity contribution >= 4 is 5.97 Å². The molecule has 0 amide bonds. The molecule has 0 aromatic carbocycles. The van der Waals surface area contributed by atoms with Crippen LogP contribution in [-0.4, -0.2) is 22.3 Å². The highest BCUT2D eigenvalue weighted by Gasteiger charge is 2.04. The van der Waals surface area contributed by atoms with Gasteiger partial charge in [0.2, 0.25) is 0 Å². The van der Waals surface area contributed by atoms with Gasteiger partial charge in [0.05, 0.1) is 6.42 Å². The van der Waals surface area contributed by atoms with Crippen LogP contribution in [-0.2, 0) is 4.79 Å². The van der Waals surface area contributed by atoms with E-state index in [-0.39, 0.29) is 6.42 Å². The summed E-state index contributed by atoms with van der Waals surface area (Å²) in [5.74, 6) is 9.21. The predicted octanol–water partition coefficient (Wildman–Crippen LogP) is 2.99. The molecule has 0 saturated carbocycles. The summed E-state index contributed by atoms with van der Waals surface area (Å²) in [6, 6.07) is 0. The average molecular weight is 276 g/mol. The van der Waals surface area contributed by atoms with Crippen LogP contribution in [0.1, 0.15) is 51.9 Å². The molecule has 0 bridgehead atoms. The molecular weight excluding hydrogens is 252 g/mol. The first-order valence-corrected chi connectivity index (χ1v) is 7.13. The van der Waals surface area contributed by atoms with Gasteiger partial charge in [0.15, 0.2) is 0 Å². The minimum Gasteiger partial charge on any atom is -0.481 e. The smallest absolute Gasteiger partial charge is 0.304 e. The van der Waals surface area contributed by atoms with E-state index in [0.29, 0.717) is 6.42 Å². The van der Waals surface area contributed by atoms with Crippen molar-refractivity contribution in [2.75, 3.05) is 0 Å². The van der Waals surface area contributed by atoms with E-state index >= 15 is 0 Å². The van der Waals surface area contributed by atoms with Crippen molar-refractivity contribution in [1.82, 2.24) is 0 Å². The highest BCUT2D eigenvalue weighted by Crippen LogP contribution is 2.06. The molecule has 0 rings (SSSR count). The molecule has 0 aromatic heterocycles. The van der Waals surface area contributed by atoms with Crippen molar-refractivity contribution in [2.45, 2.75) is 58.0 Å². The molecule has 2 atom stereocenters. The van der Waals surface area contributed by atoms with E-state index in [1.54, 1.807) is 0 Å². The molecule has 3 nitrogen and oxygen atoms in total. The lowest BCUT2D eigenvalue weighted by Crippen LogP contribution is -2.03. The maximum absolute atomic E-state index is 10.5. The van der Waals surface area contributed by atoms with Gasteiger partial charge in [-0.3, -0.25) is 4.79 Å². The SMILES string of the molecule is C=C[C@@H](C#CC#C[C@H](O)CCCCCCC)CC(=O)O. The number of allylic oxidation sites excluding steroid dienone is 1. The topological polar surface area (TPSA) is 57.5 Å². The van der Waals surface area contributed by atoms with Crippen LogP contribution in [0.25, 0.3) is 0 Å². The van der Waals surface area contributed by atoms with Gasteiger partial charge >= 0.3 is 5.97 Å². The highest BCUT2D eigenvalue weighted by molar-refractivity contribution is 5.68. The number of unbranched alkanes of at least 4 members (excludes halogenated alkanes) is 4. The van der Waals surface area contributed by atoms with Gasteiger partial charge < -0.3 is 10.2 Å². The number of carbonyl (C=O) groups is 1. The van der Waals surface area contributed by atoms with Crippen LogP contribution in [0.15, 0.2) is 12.7 Å². The van der Waals surface area contributed by atoms with Crippen molar-refractivity contribution in [2.24, 2.45) is 5.92 Å². The fraction of sp³-hybridized carbons (Fsp3) is 0.588. The van der Waals surface area contributed by atoms with Crippen LogP contribution in [0.5, 0.6) is 0 Å². The Balaban J connectivity index is 4.00. The van der Waals surface area contributed by atoms with E-state index in [1.807, 2.05) is 0 Å². The molecule has 0 fully saturated rings. The van der Waals surface area contributed by atoms with Crippen LogP contribution in [0.3, 0.4) is 0 Å². The Labute approximate surface area is 122 Å². The molecule has 0 aliphatic carbocycles. The van der Waals surface area contributed by atoms with Crippen LogP contribution in [0.4, 0.5) is 0 Å². The molecule has 0 heterocycles. The van der Waals surface area contributed by atoms with Crippen molar-refractivity contribution in [1.29, 1.82) is 0 Å². The number of carboxylic acids is 1. The van der Waals surface area contributed by atoms with Crippen LogP contribution in [0.2, 0.25) is 0 Å². The van der Waals surface area contributed by atoms with Crippen LogP contribution in [0, 0.1) is 29.6 Å². The molecule has 110 valence electrons. The molecule has 0 spiro atoms. The predicted molar refractivity (Wildman–Crippen MR) is 80.9 cm³/mol. The maximum atomic E-state index is 10.5. The molecule has 0 unspecified atom stereocenters. The van der Waals surface area contributed by atoms with Gasteiger partial charge in [-0.1, -0.05) is 50.5 Å². The van der Waals surface area contributed by atoms with Crippen molar-refractivity contribution < 1.29 is 15.0 Å². The third-order valence-electron chi connectivity index (χ3n) is 2.82. The monoisotopic (exact) mass is 276 g/mol. The van der Waals surface area contributed by atoms with Gasteiger partial charge in [0, 0.05) is 5.92 Å². The van der Waals surface area contributed by atoms with E-state index in [2.05, 4.69) is 37.2 Å². The Morgan fingerprint density at radius 2 is 1.85 bits per heavy atom. The Hall–Kier alpha value is -1.71. The highest BCUT2D eigenvalue weighted by atomic mass is 16.4. The first-order chi connectivity index (χ1) is 9.60. The number of aliphatic hydroxyl groups is 1. The summed E-state index contributed by atoms with van der Waals surface area (Å²) >= 11 is 0. The summed E-state index contributed by atoms with van der Waals surface area (Å²) in [7, 11) is 0. The first-order valence-electron chi connectivity index (χ1n) is 7.13. The summed E-state index contributed by atoms with van der Waals surface area (Å²) in [5.41, 5.74) is 0. The van der Waals surface area contributed by atoms with E-state index in [9.17, 15) is 9.90 Å². The molecule has 0 saturated heterocycles. The minimum atomic E-state index is -0.913. The molecule has 0 aromatic rings. The first kappa shape index (κ1) is 18.3. The molecule has 0 radical (unpaired) electrons. The van der Waals surface area contributed by atoms with Gasteiger partial charge in [-0.15, -0.1) is 6.58 Å². The second-order valence-electron chi connectivity index (χ2n) is 4.70. The number of aliphatic hydroxyl groups excluding tert-OH is 1. The molecular formula is C17H24O3. The summed E-state index contributed by atoms with van der Waals surface area (Å²) in [5, 5.41) is 18.2. The van der Waals surface area contributed by atoms with Gasteiger partial charge in [-0.25, -0.2) is 0 Å². The van der Waals surface area contributed by atoms with Gasteiger partial charge in [-0.05, 0) is 24.7 Å². The molecule has 3 heteroatoms. The number of rotatable bonds is 9. The van der Waals surface area contributed by atoms with Crippen LogP contribution >= 0.6 is 0 Å². The van der Waals surface area contributed by atoms with Crippen molar-refractivity contribution in [3.05, 3.63) is 12.7 Å². The average Bonchev–Trinajstić information content (AvgIpc) is 2.41. The molecule has 20 heavy (non-hydrogen) atoms. The summed E-state index contributed by atoms with van der Waals surface area (Å²) < 4.78 is 0. The van der Waals surface area contributed by atoms with Crippen LogP contribution < -0.4 is 0 Å². The second kappa shape index (κ2) is 12.3. The summed E-state index contributed by atoms with van der Waals surface area (Å²) in [4.78, 5) is 10.5. The van der Waals surface area contributed by atoms with Crippen molar-refractivity contribution in [3.63, 3.8) is 0 Å². The zero-order chi connectivity index (χ0) is 15.2. The number of hydrogen-bond acceptors (Lipinski definition) is 2. The standard InChI is InChI=1S/C17H24O3/c1-3-5-6-7-8-12-16(18)13-10-9-11-15(4-2)14-17(19)20/h4,15-16,18H,2-3,5-8,12,14H2,1H3,(H,19,20)/t15-,16+/m0/s1. The molecule has 0 aliphatic rings. The van der Waals surface area contributed by atoms with E-state index < -0.39 is 18.0 Å². The lowest BCUT2D eigenvalue weighted by Gasteiger charge is -2.02. The third-order valence-corrected chi connectivity index (χ3v) is 2.82. The van der Waals surface area contributed by atoms with E-state index in [0.717, 1.165) is 12.8 Å². The third kappa shape index (κ3) is 11.4. The zero-order valence-corrected chi connectivity index (χ0v) is 12.2. The maximum Gasteiger partial charge on any atom is 0.304 e. The normalized spacial score (nSPS) is 12.3. The number of aliphatic carboxylic acids is 1. The van der Waals surface area contributed by atoms with E-state index in [1.165, 1.54) is 25.3 Å². The zero-order valence-electron chi connectivity index (χ0n) is 12.2. The Morgan fingerprint density at radius 3 is 2.45 bits per heavy atom. The lowest BCUT2D eigenvalue weighted by atomic mass is 10.1. The Kier molecular flexibility index (Phi) is 11.3.